The highest BCUT2D eigenvalue weighted by Crippen LogP contribution is 2.29. The number of ether oxygens (including phenoxy) is 1. The summed E-state index contributed by atoms with van der Waals surface area (Å²) >= 11 is 3.28. The van der Waals surface area contributed by atoms with Crippen LogP contribution in [0.15, 0.2) is 53.0 Å². The molecule has 2 amide bonds. The van der Waals surface area contributed by atoms with E-state index in [1.807, 2.05) is 0 Å². The summed E-state index contributed by atoms with van der Waals surface area (Å²) in [6.07, 6.45) is -4.46. The molecular weight excluding hydrogens is 429 g/mol. The van der Waals surface area contributed by atoms with Crippen molar-refractivity contribution >= 4 is 33.4 Å². The second kappa shape index (κ2) is 7.59. The highest BCUT2D eigenvalue weighted by Gasteiger charge is 2.35. The lowest BCUT2D eigenvalue weighted by Crippen LogP contribution is -2.41. The number of rotatable bonds is 4. The fourth-order valence-corrected chi connectivity index (χ4v) is 3.03. The number of alkyl halides is 3. The second-order valence-corrected chi connectivity index (χ2v) is 6.77. The average Bonchev–Trinajstić information content (AvgIpc) is 2.95. The molecule has 0 aromatic heterocycles. The summed E-state index contributed by atoms with van der Waals surface area (Å²) in [6, 6.07) is 11.1. The Morgan fingerprint density at radius 3 is 2.56 bits per heavy atom. The molecule has 0 saturated carbocycles. The monoisotopic (exact) mass is 442 g/mol. The van der Waals surface area contributed by atoms with E-state index in [9.17, 15) is 22.8 Å². The van der Waals surface area contributed by atoms with Gasteiger partial charge in [0.25, 0.3) is 5.91 Å². The molecule has 5 nitrogen and oxygen atoms in total. The Morgan fingerprint density at radius 1 is 1.19 bits per heavy atom. The van der Waals surface area contributed by atoms with Gasteiger partial charge in [-0.3, -0.25) is 9.59 Å². The standard InChI is InChI=1S/C18H14BrF3N2O3/c19-12-6-4-11(5-7-12)16(25)23-15-8-9-24(17(15)26)13-2-1-3-14(10-13)27-18(20,21)22/h1-7,10,15H,8-9H2,(H,23,25). The Hall–Kier alpha value is -2.55. The van der Waals surface area contributed by atoms with E-state index in [1.54, 1.807) is 24.3 Å². The molecule has 0 bridgehead atoms. The van der Waals surface area contributed by atoms with E-state index < -0.39 is 24.1 Å². The van der Waals surface area contributed by atoms with E-state index in [1.165, 1.54) is 17.0 Å². The van der Waals surface area contributed by atoms with Crippen LogP contribution in [0.3, 0.4) is 0 Å². The minimum absolute atomic E-state index is 0.277. The molecular formula is C18H14BrF3N2O3. The van der Waals surface area contributed by atoms with Crippen LogP contribution in [0.1, 0.15) is 16.8 Å². The van der Waals surface area contributed by atoms with Crippen molar-refractivity contribution in [1.82, 2.24) is 5.32 Å². The molecule has 27 heavy (non-hydrogen) atoms. The number of benzene rings is 2. The van der Waals surface area contributed by atoms with Crippen LogP contribution in [0.5, 0.6) is 5.75 Å². The van der Waals surface area contributed by atoms with Crippen molar-refractivity contribution in [2.45, 2.75) is 18.8 Å². The molecule has 1 unspecified atom stereocenters. The fraction of sp³-hybridized carbons (Fsp3) is 0.222. The van der Waals surface area contributed by atoms with Crippen molar-refractivity contribution in [1.29, 1.82) is 0 Å². The summed E-state index contributed by atoms with van der Waals surface area (Å²) in [5.74, 6) is -1.18. The highest BCUT2D eigenvalue weighted by molar-refractivity contribution is 9.10. The number of nitrogens with zero attached hydrogens (tertiary/aromatic N) is 1. The number of anilines is 1. The predicted octanol–water partition coefficient (Wildman–Crippen LogP) is 3.88. The predicted molar refractivity (Wildman–Crippen MR) is 95.5 cm³/mol. The number of carbonyl (C=O) groups is 2. The maximum Gasteiger partial charge on any atom is 0.573 e. The smallest absolute Gasteiger partial charge is 0.406 e. The van der Waals surface area contributed by atoms with Gasteiger partial charge in [0, 0.05) is 28.3 Å². The molecule has 2 aromatic rings. The molecule has 2 aromatic carbocycles. The molecule has 1 N–H and O–H groups in total. The van der Waals surface area contributed by atoms with Crippen molar-refractivity contribution in [3.8, 4) is 5.75 Å². The number of hydrogen-bond donors (Lipinski definition) is 1. The van der Waals surface area contributed by atoms with Crippen LogP contribution in [0.25, 0.3) is 0 Å². The van der Waals surface area contributed by atoms with E-state index in [4.69, 9.17) is 0 Å². The van der Waals surface area contributed by atoms with Crippen LogP contribution < -0.4 is 15.0 Å². The number of amides is 2. The van der Waals surface area contributed by atoms with Crippen LogP contribution >= 0.6 is 15.9 Å². The van der Waals surface area contributed by atoms with Crippen LogP contribution in [0.2, 0.25) is 0 Å². The van der Waals surface area contributed by atoms with Gasteiger partial charge in [0.15, 0.2) is 0 Å². The summed E-state index contributed by atoms with van der Waals surface area (Å²) in [6.45, 7) is 0.277. The summed E-state index contributed by atoms with van der Waals surface area (Å²) in [5, 5.41) is 2.66. The maximum atomic E-state index is 12.6. The maximum absolute atomic E-state index is 12.6. The van der Waals surface area contributed by atoms with Gasteiger partial charge in [-0.1, -0.05) is 22.0 Å². The van der Waals surface area contributed by atoms with Gasteiger partial charge in [-0.05, 0) is 42.8 Å². The summed E-state index contributed by atoms with van der Waals surface area (Å²) in [7, 11) is 0. The Balaban J connectivity index is 1.69. The van der Waals surface area contributed by atoms with Crippen LogP contribution in [0.4, 0.5) is 18.9 Å². The number of nitrogens with one attached hydrogen (secondary N) is 1. The third kappa shape index (κ3) is 4.79. The molecule has 1 fully saturated rings. The van der Waals surface area contributed by atoms with Crippen molar-refractivity contribution in [2.24, 2.45) is 0 Å². The first-order valence-corrected chi connectivity index (χ1v) is 8.76. The average molecular weight is 443 g/mol. The molecule has 1 atom stereocenters. The minimum Gasteiger partial charge on any atom is -0.406 e. The molecule has 0 radical (unpaired) electrons. The lowest BCUT2D eigenvalue weighted by atomic mass is 10.2. The molecule has 1 aliphatic rings. The van der Waals surface area contributed by atoms with Gasteiger partial charge in [0.2, 0.25) is 5.91 Å². The largest absolute Gasteiger partial charge is 0.573 e. The lowest BCUT2D eigenvalue weighted by molar-refractivity contribution is -0.274. The van der Waals surface area contributed by atoms with Gasteiger partial charge in [-0.2, -0.15) is 0 Å². The zero-order valence-electron chi connectivity index (χ0n) is 13.8. The minimum atomic E-state index is -4.81. The third-order valence-electron chi connectivity index (χ3n) is 3.98. The van der Waals surface area contributed by atoms with Crippen LogP contribution in [0, 0.1) is 0 Å². The molecule has 1 saturated heterocycles. The van der Waals surface area contributed by atoms with E-state index in [-0.39, 0.29) is 18.1 Å². The van der Waals surface area contributed by atoms with Gasteiger partial charge >= 0.3 is 6.36 Å². The zero-order chi connectivity index (χ0) is 19.6. The fourth-order valence-electron chi connectivity index (χ4n) is 2.76. The van der Waals surface area contributed by atoms with E-state index >= 15 is 0 Å². The molecule has 1 aliphatic heterocycles. The third-order valence-corrected chi connectivity index (χ3v) is 4.51. The van der Waals surface area contributed by atoms with Gasteiger partial charge in [0.1, 0.15) is 11.8 Å². The number of carbonyl (C=O) groups excluding carboxylic acids is 2. The Labute approximate surface area is 161 Å². The number of hydrogen-bond acceptors (Lipinski definition) is 3. The van der Waals surface area contributed by atoms with Crippen molar-refractivity contribution < 1.29 is 27.5 Å². The summed E-state index contributed by atoms with van der Waals surface area (Å²) in [4.78, 5) is 26.2. The molecule has 0 spiro atoms. The van der Waals surface area contributed by atoms with Gasteiger partial charge in [-0.25, -0.2) is 0 Å². The Bertz CT molecular complexity index is 856. The summed E-state index contributed by atoms with van der Waals surface area (Å²) in [5.41, 5.74) is 0.687. The van der Waals surface area contributed by atoms with Crippen molar-refractivity contribution in [3.05, 3.63) is 58.6 Å². The second-order valence-electron chi connectivity index (χ2n) is 5.86. The van der Waals surface area contributed by atoms with Gasteiger partial charge in [0.05, 0.1) is 0 Å². The quantitative estimate of drug-likeness (QED) is 0.781. The first-order valence-electron chi connectivity index (χ1n) is 7.96. The summed E-state index contributed by atoms with van der Waals surface area (Å²) < 4.78 is 41.8. The first kappa shape index (κ1) is 19.2. The molecule has 3 rings (SSSR count). The van der Waals surface area contributed by atoms with Crippen molar-refractivity contribution in [3.63, 3.8) is 0 Å². The topological polar surface area (TPSA) is 58.6 Å². The van der Waals surface area contributed by atoms with Crippen LogP contribution in [-0.2, 0) is 4.79 Å². The number of halogens is 4. The first-order chi connectivity index (χ1) is 12.7. The Kier molecular flexibility index (Phi) is 5.41. The van der Waals surface area contributed by atoms with E-state index in [2.05, 4.69) is 26.0 Å². The normalized spacial score (nSPS) is 17.1. The van der Waals surface area contributed by atoms with Gasteiger partial charge in [-0.15, -0.1) is 13.2 Å². The molecule has 9 heteroatoms. The van der Waals surface area contributed by atoms with E-state index in [0.29, 0.717) is 12.0 Å². The molecule has 1 heterocycles. The SMILES string of the molecule is O=C(NC1CCN(c2cccc(OC(F)(F)F)c2)C1=O)c1ccc(Br)cc1. The zero-order valence-corrected chi connectivity index (χ0v) is 15.4. The van der Waals surface area contributed by atoms with Crippen LogP contribution in [-0.4, -0.2) is 30.8 Å². The van der Waals surface area contributed by atoms with E-state index in [0.717, 1.165) is 16.6 Å². The Morgan fingerprint density at radius 2 is 1.89 bits per heavy atom. The molecule has 142 valence electrons. The highest BCUT2D eigenvalue weighted by atomic mass is 79.9. The lowest BCUT2D eigenvalue weighted by Gasteiger charge is -2.18. The molecule has 0 aliphatic carbocycles. The van der Waals surface area contributed by atoms with Crippen molar-refractivity contribution in [2.75, 3.05) is 11.4 Å². The van der Waals surface area contributed by atoms with Gasteiger partial charge < -0.3 is 15.0 Å².